The van der Waals surface area contributed by atoms with E-state index in [0.717, 1.165) is 64.7 Å². The lowest BCUT2D eigenvalue weighted by atomic mass is 10.0. The molecule has 0 aromatic heterocycles. The molecule has 136 valence electrons. The van der Waals surface area contributed by atoms with Gasteiger partial charge in [-0.25, -0.2) is 0 Å². The van der Waals surface area contributed by atoms with E-state index in [1.54, 1.807) is 14.2 Å². The van der Waals surface area contributed by atoms with Crippen LogP contribution in [-0.4, -0.2) is 79.5 Å². The number of ether oxygens (including phenoxy) is 4. The van der Waals surface area contributed by atoms with Crippen LogP contribution >= 0.6 is 0 Å². The van der Waals surface area contributed by atoms with E-state index < -0.39 is 0 Å². The molecule has 0 atom stereocenters. The van der Waals surface area contributed by atoms with E-state index in [9.17, 15) is 0 Å². The zero-order valence-corrected chi connectivity index (χ0v) is 14.6. The molecular weight excluding hydrogens is 298 g/mol. The van der Waals surface area contributed by atoms with E-state index in [1.807, 2.05) is 0 Å². The highest BCUT2D eigenvalue weighted by Crippen LogP contribution is 2.14. The highest BCUT2D eigenvalue weighted by Gasteiger charge is 2.13. The number of hydrogen-bond donors (Lipinski definition) is 2. The number of nitrogens with zero attached hydrogens (tertiary/aromatic N) is 1. The lowest BCUT2D eigenvalue weighted by Gasteiger charge is -2.21. The first-order valence-electron chi connectivity index (χ1n) is 8.53. The zero-order chi connectivity index (χ0) is 16.6. The summed E-state index contributed by atoms with van der Waals surface area (Å²) in [6.45, 7) is 6.85. The molecule has 0 radical (unpaired) electrons. The van der Waals surface area contributed by atoms with Crippen LogP contribution < -0.4 is 10.6 Å². The number of hydrogen-bond acceptors (Lipinski definition) is 5. The van der Waals surface area contributed by atoms with E-state index in [1.165, 1.54) is 0 Å². The van der Waals surface area contributed by atoms with Crippen molar-refractivity contribution in [3.05, 3.63) is 0 Å². The molecule has 0 aromatic carbocycles. The Kier molecular flexibility index (Phi) is 12.9. The second-order valence-electron chi connectivity index (χ2n) is 5.52. The summed E-state index contributed by atoms with van der Waals surface area (Å²) in [4.78, 5) is 4.17. The Bertz CT molecular complexity index is 297. The number of nitrogens with one attached hydrogen (secondary N) is 2. The quantitative estimate of drug-likeness (QED) is 0.311. The van der Waals surface area contributed by atoms with Gasteiger partial charge in [0, 0.05) is 53.7 Å². The maximum absolute atomic E-state index is 5.74. The molecule has 2 N–H and O–H groups in total. The van der Waals surface area contributed by atoms with Crippen LogP contribution in [0.5, 0.6) is 0 Å². The Morgan fingerprint density at radius 3 is 2.57 bits per heavy atom. The van der Waals surface area contributed by atoms with Crippen LogP contribution in [-0.2, 0) is 18.9 Å². The summed E-state index contributed by atoms with van der Waals surface area (Å²) in [5, 5.41) is 6.48. The fraction of sp³-hybridized carbons (Fsp3) is 0.938. The van der Waals surface area contributed by atoms with Gasteiger partial charge in [0.2, 0.25) is 0 Å². The Hall–Kier alpha value is -0.890. The molecule has 7 nitrogen and oxygen atoms in total. The van der Waals surface area contributed by atoms with Gasteiger partial charge >= 0.3 is 0 Å². The molecule has 0 amide bonds. The van der Waals surface area contributed by atoms with E-state index in [-0.39, 0.29) is 0 Å². The van der Waals surface area contributed by atoms with Gasteiger partial charge in [-0.3, -0.25) is 4.99 Å². The van der Waals surface area contributed by atoms with Gasteiger partial charge in [0.1, 0.15) is 0 Å². The second-order valence-corrected chi connectivity index (χ2v) is 5.52. The lowest BCUT2D eigenvalue weighted by molar-refractivity contribution is 0.0203. The van der Waals surface area contributed by atoms with Crippen LogP contribution in [0.15, 0.2) is 4.99 Å². The number of rotatable bonds is 12. The fourth-order valence-electron chi connectivity index (χ4n) is 2.25. The van der Waals surface area contributed by atoms with Crippen molar-refractivity contribution in [3.8, 4) is 0 Å². The molecule has 0 aliphatic carbocycles. The average molecular weight is 331 g/mol. The molecular formula is C16H33N3O4. The van der Waals surface area contributed by atoms with E-state index in [0.29, 0.717) is 25.7 Å². The minimum atomic E-state index is 0.620. The Morgan fingerprint density at radius 2 is 1.83 bits per heavy atom. The molecule has 1 saturated heterocycles. The van der Waals surface area contributed by atoms with Gasteiger partial charge in [-0.05, 0) is 25.2 Å². The van der Waals surface area contributed by atoms with Crippen molar-refractivity contribution in [1.29, 1.82) is 0 Å². The van der Waals surface area contributed by atoms with E-state index >= 15 is 0 Å². The molecule has 0 saturated carbocycles. The predicted molar refractivity (Wildman–Crippen MR) is 91.0 cm³/mol. The van der Waals surface area contributed by atoms with Crippen LogP contribution in [0, 0.1) is 5.92 Å². The van der Waals surface area contributed by atoms with Crippen molar-refractivity contribution in [2.75, 3.05) is 73.5 Å². The van der Waals surface area contributed by atoms with Crippen LogP contribution in [0.2, 0.25) is 0 Å². The summed E-state index contributed by atoms with van der Waals surface area (Å²) in [5.74, 6) is 1.47. The average Bonchev–Trinajstić information content (AvgIpc) is 2.60. The first-order chi connectivity index (χ1) is 11.4. The standard InChI is InChI=1S/C16H33N3O4/c1-17-16(19-7-11-22-13-12-20-2)18-6-3-8-23-14-15-4-9-21-10-5-15/h15H,3-14H2,1-2H3,(H2,17,18,19). The maximum atomic E-state index is 5.74. The van der Waals surface area contributed by atoms with Crippen molar-refractivity contribution >= 4 is 5.96 Å². The van der Waals surface area contributed by atoms with Gasteiger partial charge in [-0.15, -0.1) is 0 Å². The smallest absolute Gasteiger partial charge is 0.191 e. The Balaban J connectivity index is 1.89. The molecule has 1 rings (SSSR count). The Morgan fingerprint density at radius 1 is 1.04 bits per heavy atom. The summed E-state index contributed by atoms with van der Waals surface area (Å²) < 4.78 is 21.4. The van der Waals surface area contributed by atoms with Crippen molar-refractivity contribution in [3.63, 3.8) is 0 Å². The number of methoxy groups -OCH3 is 1. The van der Waals surface area contributed by atoms with Crippen molar-refractivity contribution in [2.45, 2.75) is 19.3 Å². The highest BCUT2D eigenvalue weighted by atomic mass is 16.5. The molecule has 1 aliphatic rings. The summed E-state index contributed by atoms with van der Waals surface area (Å²) in [7, 11) is 3.43. The molecule has 1 fully saturated rings. The SMILES string of the molecule is CN=C(NCCCOCC1CCOCC1)NCCOCCOC. The summed E-state index contributed by atoms with van der Waals surface area (Å²) >= 11 is 0. The normalized spacial score (nSPS) is 16.5. The summed E-state index contributed by atoms with van der Waals surface area (Å²) in [6.07, 6.45) is 3.22. The third kappa shape index (κ3) is 11.3. The molecule has 0 bridgehead atoms. The second kappa shape index (κ2) is 14.7. The molecule has 1 heterocycles. The van der Waals surface area contributed by atoms with Crippen LogP contribution in [0.1, 0.15) is 19.3 Å². The van der Waals surface area contributed by atoms with Gasteiger partial charge in [-0.2, -0.15) is 0 Å². The van der Waals surface area contributed by atoms with Gasteiger partial charge in [0.05, 0.1) is 19.8 Å². The Labute approximate surface area is 140 Å². The van der Waals surface area contributed by atoms with Gasteiger partial charge in [0.15, 0.2) is 5.96 Å². The molecule has 1 aliphatic heterocycles. The largest absolute Gasteiger partial charge is 0.382 e. The van der Waals surface area contributed by atoms with Gasteiger partial charge in [0.25, 0.3) is 0 Å². The first kappa shape index (κ1) is 20.2. The molecule has 7 heteroatoms. The van der Waals surface area contributed by atoms with E-state index in [2.05, 4.69) is 15.6 Å². The van der Waals surface area contributed by atoms with Crippen molar-refractivity contribution in [2.24, 2.45) is 10.9 Å². The third-order valence-electron chi connectivity index (χ3n) is 3.65. The van der Waals surface area contributed by atoms with E-state index in [4.69, 9.17) is 18.9 Å². The first-order valence-corrected chi connectivity index (χ1v) is 8.53. The topological polar surface area (TPSA) is 73.3 Å². The fourth-order valence-corrected chi connectivity index (χ4v) is 2.25. The van der Waals surface area contributed by atoms with Crippen molar-refractivity contribution in [1.82, 2.24) is 10.6 Å². The number of aliphatic imine (C=N–C) groups is 1. The lowest BCUT2D eigenvalue weighted by Crippen LogP contribution is -2.39. The third-order valence-corrected chi connectivity index (χ3v) is 3.65. The minimum absolute atomic E-state index is 0.620. The summed E-state index contributed by atoms with van der Waals surface area (Å²) in [6, 6.07) is 0. The van der Waals surface area contributed by atoms with Gasteiger partial charge < -0.3 is 29.6 Å². The summed E-state index contributed by atoms with van der Waals surface area (Å²) in [5.41, 5.74) is 0. The van der Waals surface area contributed by atoms with Crippen LogP contribution in [0.4, 0.5) is 0 Å². The molecule has 0 aromatic rings. The van der Waals surface area contributed by atoms with Gasteiger partial charge in [-0.1, -0.05) is 0 Å². The minimum Gasteiger partial charge on any atom is -0.382 e. The zero-order valence-electron chi connectivity index (χ0n) is 14.6. The monoisotopic (exact) mass is 331 g/mol. The maximum Gasteiger partial charge on any atom is 0.191 e. The van der Waals surface area contributed by atoms with Crippen LogP contribution in [0.25, 0.3) is 0 Å². The van der Waals surface area contributed by atoms with Crippen LogP contribution in [0.3, 0.4) is 0 Å². The van der Waals surface area contributed by atoms with Crippen molar-refractivity contribution < 1.29 is 18.9 Å². The highest BCUT2D eigenvalue weighted by molar-refractivity contribution is 5.79. The predicted octanol–water partition coefficient (Wildman–Crippen LogP) is 0.648. The molecule has 0 unspecified atom stereocenters. The number of guanidine groups is 1. The molecule has 23 heavy (non-hydrogen) atoms. The molecule has 0 spiro atoms.